The lowest BCUT2D eigenvalue weighted by Crippen LogP contribution is -2.50. The van der Waals surface area contributed by atoms with Gasteiger partial charge in [-0.25, -0.2) is 0 Å². The third-order valence-electron chi connectivity index (χ3n) is 5.02. The van der Waals surface area contributed by atoms with Crippen molar-refractivity contribution in [2.45, 2.75) is 40.2 Å². The van der Waals surface area contributed by atoms with E-state index in [0.29, 0.717) is 23.7 Å². The molecule has 2 fully saturated rings. The quantitative estimate of drug-likeness (QED) is 0.794. The zero-order chi connectivity index (χ0) is 12.8. The van der Waals surface area contributed by atoms with Crippen molar-refractivity contribution in [2.75, 3.05) is 19.6 Å². The Morgan fingerprint density at radius 2 is 1.94 bits per heavy atom. The SMILES string of the molecule is CC(C)C(C)C(=O)N1CC2CNCC2C1(C)C. The molecule has 1 N–H and O–H groups in total. The van der Waals surface area contributed by atoms with Crippen LogP contribution in [0.1, 0.15) is 34.6 Å². The minimum atomic E-state index is 0.0222. The van der Waals surface area contributed by atoms with Gasteiger partial charge in [-0.1, -0.05) is 20.8 Å². The molecule has 3 nitrogen and oxygen atoms in total. The first-order chi connectivity index (χ1) is 7.85. The number of hydrogen-bond donors (Lipinski definition) is 1. The fourth-order valence-corrected chi connectivity index (χ4v) is 3.33. The fourth-order valence-electron chi connectivity index (χ4n) is 3.33. The summed E-state index contributed by atoms with van der Waals surface area (Å²) in [6.07, 6.45) is 0. The van der Waals surface area contributed by atoms with Gasteiger partial charge < -0.3 is 10.2 Å². The maximum atomic E-state index is 12.5. The molecule has 0 radical (unpaired) electrons. The van der Waals surface area contributed by atoms with E-state index >= 15 is 0 Å². The van der Waals surface area contributed by atoms with E-state index in [1.54, 1.807) is 0 Å². The second-order valence-electron chi connectivity index (χ2n) is 6.66. The lowest BCUT2D eigenvalue weighted by Gasteiger charge is -2.37. The summed E-state index contributed by atoms with van der Waals surface area (Å²) in [4.78, 5) is 14.7. The largest absolute Gasteiger partial charge is 0.337 e. The van der Waals surface area contributed by atoms with Crippen LogP contribution in [-0.2, 0) is 4.79 Å². The molecule has 17 heavy (non-hydrogen) atoms. The lowest BCUT2D eigenvalue weighted by atomic mass is 9.84. The number of likely N-dealkylation sites (tertiary alicyclic amines) is 1. The van der Waals surface area contributed by atoms with Crippen LogP contribution in [0, 0.1) is 23.7 Å². The number of hydrogen-bond acceptors (Lipinski definition) is 2. The van der Waals surface area contributed by atoms with Crippen molar-refractivity contribution in [1.29, 1.82) is 0 Å². The Kier molecular flexibility index (Phi) is 3.23. The topological polar surface area (TPSA) is 32.3 Å². The van der Waals surface area contributed by atoms with Crippen LogP contribution in [0.4, 0.5) is 0 Å². The molecule has 0 aliphatic carbocycles. The summed E-state index contributed by atoms with van der Waals surface area (Å²) in [5, 5.41) is 3.45. The molecule has 3 heteroatoms. The zero-order valence-corrected chi connectivity index (χ0v) is 11.8. The molecule has 0 aromatic heterocycles. The van der Waals surface area contributed by atoms with Gasteiger partial charge >= 0.3 is 0 Å². The van der Waals surface area contributed by atoms with Crippen molar-refractivity contribution in [3.63, 3.8) is 0 Å². The van der Waals surface area contributed by atoms with Crippen molar-refractivity contribution in [3.05, 3.63) is 0 Å². The standard InChI is InChI=1S/C14H26N2O/c1-9(2)10(3)13(17)16-8-11-6-15-7-12(11)14(16,4)5/h9-12,15H,6-8H2,1-5H3. The Morgan fingerprint density at radius 1 is 1.29 bits per heavy atom. The molecule has 0 spiro atoms. The van der Waals surface area contributed by atoms with Crippen LogP contribution in [-0.4, -0.2) is 36.0 Å². The van der Waals surface area contributed by atoms with Crippen LogP contribution in [0.5, 0.6) is 0 Å². The van der Waals surface area contributed by atoms with Crippen LogP contribution in [0.25, 0.3) is 0 Å². The monoisotopic (exact) mass is 238 g/mol. The Labute approximate surface area is 105 Å². The van der Waals surface area contributed by atoms with Crippen molar-refractivity contribution >= 4 is 5.91 Å². The molecule has 2 rings (SSSR count). The molecule has 1 amide bonds. The minimum Gasteiger partial charge on any atom is -0.337 e. The maximum absolute atomic E-state index is 12.5. The van der Waals surface area contributed by atoms with Crippen molar-refractivity contribution in [3.8, 4) is 0 Å². The number of carbonyl (C=O) groups excluding carboxylic acids is 1. The fraction of sp³-hybridized carbons (Fsp3) is 0.929. The summed E-state index contributed by atoms with van der Waals surface area (Å²) >= 11 is 0. The maximum Gasteiger partial charge on any atom is 0.226 e. The second-order valence-corrected chi connectivity index (χ2v) is 6.66. The summed E-state index contributed by atoms with van der Waals surface area (Å²) in [6, 6.07) is 0. The average molecular weight is 238 g/mol. The Bertz CT molecular complexity index is 311. The van der Waals surface area contributed by atoms with Gasteiger partial charge in [0.25, 0.3) is 0 Å². The average Bonchev–Trinajstić information content (AvgIpc) is 2.79. The van der Waals surface area contributed by atoms with Crippen LogP contribution >= 0.6 is 0 Å². The smallest absolute Gasteiger partial charge is 0.226 e. The van der Waals surface area contributed by atoms with Gasteiger partial charge in [0.15, 0.2) is 0 Å². The van der Waals surface area contributed by atoms with Gasteiger partial charge in [-0.3, -0.25) is 4.79 Å². The first-order valence-corrected chi connectivity index (χ1v) is 6.88. The lowest BCUT2D eigenvalue weighted by molar-refractivity contribution is -0.140. The van der Waals surface area contributed by atoms with Gasteiger partial charge in [-0.2, -0.15) is 0 Å². The highest BCUT2D eigenvalue weighted by Crippen LogP contribution is 2.41. The van der Waals surface area contributed by atoms with Crippen LogP contribution in [0.2, 0.25) is 0 Å². The van der Waals surface area contributed by atoms with Gasteiger partial charge in [-0.15, -0.1) is 0 Å². The summed E-state index contributed by atoms with van der Waals surface area (Å²) in [5.41, 5.74) is 0.0222. The van der Waals surface area contributed by atoms with E-state index in [9.17, 15) is 4.79 Å². The van der Waals surface area contributed by atoms with Crippen LogP contribution in [0.3, 0.4) is 0 Å². The summed E-state index contributed by atoms with van der Waals surface area (Å²) in [7, 11) is 0. The zero-order valence-electron chi connectivity index (χ0n) is 11.8. The highest BCUT2D eigenvalue weighted by molar-refractivity contribution is 5.80. The second kappa shape index (κ2) is 4.27. The predicted octanol–water partition coefficient (Wildman–Crippen LogP) is 1.73. The number of carbonyl (C=O) groups is 1. The van der Waals surface area contributed by atoms with Gasteiger partial charge in [-0.05, 0) is 31.6 Å². The highest BCUT2D eigenvalue weighted by Gasteiger charge is 2.51. The molecule has 0 bridgehead atoms. The molecule has 2 aliphatic rings. The molecule has 2 saturated heterocycles. The van der Waals surface area contributed by atoms with E-state index in [1.165, 1.54) is 0 Å². The third-order valence-corrected chi connectivity index (χ3v) is 5.02. The molecule has 3 atom stereocenters. The number of amides is 1. The third kappa shape index (κ3) is 1.99. The van der Waals surface area contributed by atoms with Crippen molar-refractivity contribution < 1.29 is 4.79 Å². The van der Waals surface area contributed by atoms with Crippen LogP contribution < -0.4 is 5.32 Å². The minimum absolute atomic E-state index is 0.0222. The highest BCUT2D eigenvalue weighted by atomic mass is 16.2. The Hall–Kier alpha value is -0.570. The van der Waals surface area contributed by atoms with Crippen LogP contribution in [0.15, 0.2) is 0 Å². The number of rotatable bonds is 2. The molecule has 98 valence electrons. The Morgan fingerprint density at radius 3 is 2.47 bits per heavy atom. The van der Waals surface area contributed by atoms with Gasteiger partial charge in [0.05, 0.1) is 0 Å². The van der Waals surface area contributed by atoms with E-state index < -0.39 is 0 Å². The number of nitrogens with zero attached hydrogens (tertiary/aromatic N) is 1. The van der Waals surface area contributed by atoms with E-state index in [2.05, 4.69) is 44.8 Å². The van der Waals surface area contributed by atoms with E-state index in [4.69, 9.17) is 0 Å². The summed E-state index contributed by atoms with van der Waals surface area (Å²) < 4.78 is 0. The molecule has 2 heterocycles. The molecular weight excluding hydrogens is 212 g/mol. The van der Waals surface area contributed by atoms with Crippen molar-refractivity contribution in [1.82, 2.24) is 10.2 Å². The van der Waals surface area contributed by atoms with Gasteiger partial charge in [0.1, 0.15) is 0 Å². The molecule has 0 saturated carbocycles. The van der Waals surface area contributed by atoms with E-state index in [1.807, 2.05) is 0 Å². The van der Waals surface area contributed by atoms with Gasteiger partial charge in [0, 0.05) is 31.1 Å². The van der Waals surface area contributed by atoms with E-state index in [0.717, 1.165) is 19.6 Å². The molecule has 0 aromatic rings. The normalized spacial score (nSPS) is 32.9. The van der Waals surface area contributed by atoms with E-state index in [-0.39, 0.29) is 11.5 Å². The van der Waals surface area contributed by atoms with Gasteiger partial charge in [0.2, 0.25) is 5.91 Å². The summed E-state index contributed by atoms with van der Waals surface area (Å²) in [6.45, 7) is 13.9. The first kappa shape index (κ1) is 12.9. The predicted molar refractivity (Wildman–Crippen MR) is 69.6 cm³/mol. The summed E-state index contributed by atoms with van der Waals surface area (Å²) in [5.74, 6) is 2.21. The molecular formula is C14H26N2O. The first-order valence-electron chi connectivity index (χ1n) is 6.88. The number of fused-ring (bicyclic) bond motifs is 1. The number of nitrogens with one attached hydrogen (secondary N) is 1. The Balaban J connectivity index is 2.15. The molecule has 0 aromatic carbocycles. The molecule has 3 unspecified atom stereocenters. The van der Waals surface area contributed by atoms with Crippen molar-refractivity contribution in [2.24, 2.45) is 23.7 Å². The molecule has 2 aliphatic heterocycles.